The van der Waals surface area contributed by atoms with Gasteiger partial charge in [-0.2, -0.15) is 0 Å². The number of hydrogen-bond acceptors (Lipinski definition) is 9. The Morgan fingerprint density at radius 2 is 1.86 bits per heavy atom. The van der Waals surface area contributed by atoms with E-state index in [0.717, 1.165) is 0 Å². The van der Waals surface area contributed by atoms with Crippen molar-refractivity contribution in [3.8, 4) is 0 Å². The molecule has 0 aliphatic carbocycles. The summed E-state index contributed by atoms with van der Waals surface area (Å²) in [5.74, 6) is -4.50. The highest BCUT2D eigenvalue weighted by Crippen LogP contribution is 2.19. The molecule has 42 heavy (non-hydrogen) atoms. The number of amides is 4. The Bertz CT molecular complexity index is 1110. The predicted molar refractivity (Wildman–Crippen MR) is 150 cm³/mol. The van der Waals surface area contributed by atoms with Gasteiger partial charge >= 0.3 is 5.97 Å². The second-order valence-corrected chi connectivity index (χ2v) is 10.4. The van der Waals surface area contributed by atoms with E-state index in [-0.39, 0.29) is 38.3 Å². The molecule has 12 N–H and O–H groups in total. The number of H-pyrrole nitrogens is 1. The van der Waals surface area contributed by atoms with Crippen LogP contribution in [0.1, 0.15) is 45.2 Å². The minimum absolute atomic E-state index is 0.0863. The molecule has 0 saturated carbocycles. The second kappa shape index (κ2) is 16.3. The highest BCUT2D eigenvalue weighted by Gasteiger charge is 2.39. The first kappa shape index (κ1) is 34.0. The number of carboxylic acid groups (broad SMARTS) is 1. The zero-order valence-corrected chi connectivity index (χ0v) is 23.8. The third kappa shape index (κ3) is 9.99. The fraction of sp³-hybridized carbons (Fsp3) is 0.640. The fourth-order valence-electron chi connectivity index (χ4n) is 4.50. The quantitative estimate of drug-likeness (QED) is 0.0514. The lowest BCUT2D eigenvalue weighted by atomic mass is 10.0. The maximum Gasteiger partial charge on any atom is 0.326 e. The van der Waals surface area contributed by atoms with Gasteiger partial charge in [0, 0.05) is 31.4 Å². The molecule has 2 heterocycles. The highest BCUT2D eigenvalue weighted by molar-refractivity contribution is 5.95. The number of guanidine groups is 1. The van der Waals surface area contributed by atoms with E-state index in [0.29, 0.717) is 18.5 Å². The van der Waals surface area contributed by atoms with Crippen molar-refractivity contribution in [2.75, 3.05) is 19.7 Å². The number of imidazole rings is 1. The average molecular weight is 595 g/mol. The van der Waals surface area contributed by atoms with Crippen LogP contribution >= 0.6 is 0 Å². The summed E-state index contributed by atoms with van der Waals surface area (Å²) >= 11 is 0. The van der Waals surface area contributed by atoms with Crippen molar-refractivity contribution in [3.05, 3.63) is 18.2 Å². The number of aliphatic imine (C=N–C) groups is 1. The molecule has 1 aliphatic heterocycles. The lowest BCUT2D eigenvalue weighted by molar-refractivity contribution is -0.144. The van der Waals surface area contributed by atoms with Gasteiger partial charge in [-0.3, -0.25) is 24.2 Å². The topological polar surface area (TPSA) is 284 Å². The number of aliphatic hydroxyl groups is 1. The van der Waals surface area contributed by atoms with Crippen LogP contribution in [-0.4, -0.2) is 111 Å². The molecule has 0 aromatic carbocycles. The molecular weight excluding hydrogens is 552 g/mol. The van der Waals surface area contributed by atoms with Crippen molar-refractivity contribution in [2.24, 2.45) is 28.1 Å². The van der Waals surface area contributed by atoms with Crippen LogP contribution in [0, 0.1) is 5.92 Å². The Morgan fingerprint density at radius 3 is 2.43 bits per heavy atom. The van der Waals surface area contributed by atoms with Crippen LogP contribution < -0.4 is 33.2 Å². The molecule has 17 heteroatoms. The zero-order valence-electron chi connectivity index (χ0n) is 23.8. The van der Waals surface area contributed by atoms with Crippen molar-refractivity contribution in [2.45, 2.75) is 76.2 Å². The molecule has 0 unspecified atom stereocenters. The summed E-state index contributed by atoms with van der Waals surface area (Å²) in [5.41, 5.74) is 17.2. The van der Waals surface area contributed by atoms with E-state index in [4.69, 9.17) is 17.2 Å². The highest BCUT2D eigenvalue weighted by atomic mass is 16.4. The third-order valence-electron chi connectivity index (χ3n) is 6.78. The van der Waals surface area contributed by atoms with Gasteiger partial charge in [0.25, 0.3) is 0 Å². The molecule has 1 aliphatic rings. The molecular formula is C25H42N10O7. The predicted octanol–water partition coefficient (Wildman–Crippen LogP) is -3.49. The van der Waals surface area contributed by atoms with Gasteiger partial charge in [0.2, 0.25) is 23.6 Å². The van der Waals surface area contributed by atoms with Gasteiger partial charge in [-0.05, 0) is 31.6 Å². The van der Waals surface area contributed by atoms with E-state index < -0.39 is 72.3 Å². The number of hydrogen-bond donors (Lipinski definition) is 9. The van der Waals surface area contributed by atoms with Crippen LogP contribution in [0.2, 0.25) is 0 Å². The molecule has 1 aromatic rings. The minimum Gasteiger partial charge on any atom is -0.480 e. The summed E-state index contributed by atoms with van der Waals surface area (Å²) in [7, 11) is 0. The minimum atomic E-state index is -1.35. The summed E-state index contributed by atoms with van der Waals surface area (Å²) in [6, 6.07) is -5.69. The number of nitrogens with zero attached hydrogens (tertiary/aromatic N) is 3. The van der Waals surface area contributed by atoms with E-state index in [1.54, 1.807) is 13.8 Å². The van der Waals surface area contributed by atoms with E-state index >= 15 is 0 Å². The molecule has 17 nitrogen and oxygen atoms in total. The Morgan fingerprint density at radius 1 is 1.14 bits per heavy atom. The molecule has 234 valence electrons. The summed E-state index contributed by atoms with van der Waals surface area (Å²) in [5, 5.41) is 26.9. The number of aliphatic hydroxyl groups excluding tert-OH is 1. The summed E-state index contributed by atoms with van der Waals surface area (Å²) in [6.07, 6.45) is 4.18. The van der Waals surface area contributed by atoms with E-state index in [1.807, 2.05) is 0 Å². The zero-order chi connectivity index (χ0) is 31.4. The third-order valence-corrected chi connectivity index (χ3v) is 6.78. The number of nitrogens with one attached hydrogen (secondary N) is 4. The monoisotopic (exact) mass is 594 g/mol. The molecule has 2 rings (SSSR count). The largest absolute Gasteiger partial charge is 0.480 e. The van der Waals surface area contributed by atoms with Crippen LogP contribution in [-0.2, 0) is 30.4 Å². The first-order valence-corrected chi connectivity index (χ1v) is 13.7. The number of rotatable bonds is 16. The molecule has 4 amide bonds. The van der Waals surface area contributed by atoms with Crippen molar-refractivity contribution in [3.63, 3.8) is 0 Å². The van der Waals surface area contributed by atoms with Gasteiger partial charge < -0.3 is 53.2 Å². The fourth-order valence-corrected chi connectivity index (χ4v) is 4.50. The molecule has 0 radical (unpaired) electrons. The summed E-state index contributed by atoms with van der Waals surface area (Å²) in [6.45, 7) is 2.89. The first-order chi connectivity index (χ1) is 19.8. The molecule has 1 aromatic heterocycles. The molecule has 0 spiro atoms. The van der Waals surface area contributed by atoms with Gasteiger partial charge in [0.15, 0.2) is 5.96 Å². The Balaban J connectivity index is 2.11. The van der Waals surface area contributed by atoms with Crippen LogP contribution in [0.5, 0.6) is 0 Å². The lowest BCUT2D eigenvalue weighted by Crippen LogP contribution is -2.59. The molecule has 1 fully saturated rings. The maximum absolute atomic E-state index is 13.3. The normalized spacial score (nSPS) is 17.5. The number of carbonyl (C=O) groups excluding carboxylic acids is 4. The summed E-state index contributed by atoms with van der Waals surface area (Å²) < 4.78 is 0. The average Bonchev–Trinajstić information content (AvgIpc) is 3.63. The Kier molecular flexibility index (Phi) is 13.1. The smallest absolute Gasteiger partial charge is 0.326 e. The van der Waals surface area contributed by atoms with E-state index in [9.17, 15) is 34.2 Å². The Labute approximate surface area is 243 Å². The van der Waals surface area contributed by atoms with Gasteiger partial charge in [-0.15, -0.1) is 0 Å². The van der Waals surface area contributed by atoms with Gasteiger partial charge in [-0.25, -0.2) is 9.78 Å². The maximum atomic E-state index is 13.3. The van der Waals surface area contributed by atoms with E-state index in [2.05, 4.69) is 30.9 Å². The van der Waals surface area contributed by atoms with E-state index in [1.165, 1.54) is 17.4 Å². The SMILES string of the molecule is CC(C)[C@H](NC(=O)[C@@H](CCCN=C(N)N)NC(=O)[C@H]1CCCN1C(=O)[C@@H](CO)NC(=O)[C@H](N)Cc1cnc[nH]1)C(=O)O. The number of aromatic nitrogens is 2. The van der Waals surface area contributed by atoms with Gasteiger partial charge in [0.05, 0.1) is 19.0 Å². The number of aliphatic carboxylic acids is 1. The first-order valence-electron chi connectivity index (χ1n) is 13.7. The van der Waals surface area contributed by atoms with Crippen molar-refractivity contribution in [1.29, 1.82) is 0 Å². The number of carboxylic acids is 1. The van der Waals surface area contributed by atoms with Crippen LogP contribution in [0.3, 0.4) is 0 Å². The standard InChI is InChI=1S/C25H42N10O7/c1-13(2)19(24(41)42)34-21(38)16(5-3-7-30-25(27)28)32-22(39)18-6-4-8-35(18)23(40)17(11-36)33-20(37)15(26)9-14-10-29-12-31-14/h10,12-13,15-19,36H,3-9,11,26H2,1-2H3,(H,29,31)(H,32,39)(H,33,37)(H,34,38)(H,41,42)(H4,27,28,30)/t15-,16-,17-,18-,19+/m1/s1. The van der Waals surface area contributed by atoms with Crippen LogP contribution in [0.4, 0.5) is 0 Å². The number of nitrogens with two attached hydrogens (primary N) is 3. The van der Waals surface area contributed by atoms with Gasteiger partial charge in [-0.1, -0.05) is 13.8 Å². The summed E-state index contributed by atoms with van der Waals surface area (Å²) in [4.78, 5) is 75.7. The van der Waals surface area contributed by atoms with Crippen LogP contribution in [0.15, 0.2) is 17.5 Å². The number of aromatic amines is 1. The molecule has 5 atom stereocenters. The number of carbonyl (C=O) groups is 5. The Hall–Kier alpha value is -4.25. The molecule has 0 bridgehead atoms. The number of likely N-dealkylation sites (tertiary alicyclic amines) is 1. The van der Waals surface area contributed by atoms with Crippen molar-refractivity contribution in [1.82, 2.24) is 30.8 Å². The lowest BCUT2D eigenvalue weighted by Gasteiger charge is -2.30. The second-order valence-electron chi connectivity index (χ2n) is 10.4. The van der Waals surface area contributed by atoms with Crippen molar-refractivity contribution < 1.29 is 34.2 Å². The molecule has 1 saturated heterocycles. The van der Waals surface area contributed by atoms with Gasteiger partial charge in [0.1, 0.15) is 24.2 Å². The van der Waals surface area contributed by atoms with Crippen LogP contribution in [0.25, 0.3) is 0 Å². The van der Waals surface area contributed by atoms with Crippen molar-refractivity contribution >= 4 is 35.6 Å².